The largest absolute Gasteiger partial charge is 0.497 e. The predicted molar refractivity (Wildman–Crippen MR) is 120 cm³/mol. The van der Waals surface area contributed by atoms with Gasteiger partial charge in [-0.2, -0.15) is 0 Å². The second kappa shape index (κ2) is 9.23. The molecule has 1 aliphatic rings. The van der Waals surface area contributed by atoms with Crippen molar-refractivity contribution in [3.8, 4) is 23.0 Å². The smallest absolute Gasteiger partial charge is 0.270 e. The van der Waals surface area contributed by atoms with Gasteiger partial charge in [-0.05, 0) is 42.1 Å². The van der Waals surface area contributed by atoms with Crippen LogP contribution in [0.5, 0.6) is 23.0 Å². The zero-order chi connectivity index (χ0) is 22.7. The molecule has 0 spiro atoms. The van der Waals surface area contributed by atoms with Gasteiger partial charge in [-0.3, -0.25) is 14.9 Å². The Kier molecular flexibility index (Phi) is 6.67. The summed E-state index contributed by atoms with van der Waals surface area (Å²) in [6.07, 6.45) is 1.37. The fourth-order valence-corrected chi connectivity index (χ4v) is 3.46. The molecule has 162 valence electrons. The molecule has 1 fully saturated rings. The van der Waals surface area contributed by atoms with E-state index in [0.29, 0.717) is 34.2 Å². The first-order valence-corrected chi connectivity index (χ1v) is 9.68. The van der Waals surface area contributed by atoms with Crippen molar-refractivity contribution in [1.29, 1.82) is 0 Å². The van der Waals surface area contributed by atoms with Crippen LogP contribution in [0.25, 0.3) is 6.08 Å². The summed E-state index contributed by atoms with van der Waals surface area (Å²) in [4.78, 5) is 27.0. The Morgan fingerprint density at radius 1 is 0.935 bits per heavy atom. The average Bonchev–Trinajstić information content (AvgIpc) is 2.77. The van der Waals surface area contributed by atoms with Crippen LogP contribution in [-0.2, 0) is 9.59 Å². The third-order valence-electron chi connectivity index (χ3n) is 4.53. The second-order valence-corrected chi connectivity index (χ2v) is 7.02. The minimum absolute atomic E-state index is 0.0750. The summed E-state index contributed by atoms with van der Waals surface area (Å²) < 4.78 is 21.1. The molecule has 1 N–H and O–H groups in total. The van der Waals surface area contributed by atoms with Crippen LogP contribution in [0, 0.1) is 0 Å². The lowest BCUT2D eigenvalue weighted by molar-refractivity contribution is -0.122. The predicted octanol–water partition coefficient (Wildman–Crippen LogP) is 3.21. The van der Waals surface area contributed by atoms with E-state index in [-0.39, 0.29) is 15.7 Å². The summed E-state index contributed by atoms with van der Waals surface area (Å²) in [5, 5.41) is 2.72. The molecule has 3 rings (SSSR count). The molecule has 1 saturated heterocycles. The fourth-order valence-electron chi connectivity index (χ4n) is 2.98. The number of anilines is 1. The number of nitrogens with zero attached hydrogens (tertiary/aromatic N) is 1. The fraction of sp³-hybridized carbons (Fsp3) is 0.190. The minimum Gasteiger partial charge on any atom is -0.497 e. The first-order valence-electron chi connectivity index (χ1n) is 8.89. The third-order valence-corrected chi connectivity index (χ3v) is 5.14. The number of halogens is 1. The molecule has 10 heteroatoms. The van der Waals surface area contributed by atoms with Crippen LogP contribution in [-0.4, -0.2) is 45.4 Å². The van der Waals surface area contributed by atoms with Crippen LogP contribution in [0.3, 0.4) is 0 Å². The maximum atomic E-state index is 13.3. The van der Waals surface area contributed by atoms with Gasteiger partial charge in [0.2, 0.25) is 0 Å². The number of methoxy groups -OCH3 is 4. The molecule has 0 atom stereocenters. The molecule has 0 aromatic heterocycles. The van der Waals surface area contributed by atoms with E-state index in [1.165, 1.54) is 45.5 Å². The lowest BCUT2D eigenvalue weighted by Crippen LogP contribution is -2.54. The van der Waals surface area contributed by atoms with Crippen molar-refractivity contribution in [2.24, 2.45) is 0 Å². The number of carbonyl (C=O) groups excluding carboxylic acids is 2. The molecule has 31 heavy (non-hydrogen) atoms. The average molecular weight is 463 g/mol. The summed E-state index contributed by atoms with van der Waals surface area (Å²) in [6, 6.07) is 7.97. The van der Waals surface area contributed by atoms with Crippen LogP contribution in [0.1, 0.15) is 5.56 Å². The molecule has 2 aromatic carbocycles. The molecule has 2 amide bonds. The van der Waals surface area contributed by atoms with Crippen molar-refractivity contribution in [3.63, 3.8) is 0 Å². The van der Waals surface area contributed by atoms with Gasteiger partial charge in [0.25, 0.3) is 11.8 Å². The number of rotatable bonds is 6. The lowest BCUT2D eigenvalue weighted by Gasteiger charge is -2.30. The van der Waals surface area contributed by atoms with E-state index in [9.17, 15) is 9.59 Å². The van der Waals surface area contributed by atoms with Crippen molar-refractivity contribution in [2.75, 3.05) is 33.3 Å². The Hall–Kier alpha value is -3.30. The number of nitrogens with one attached hydrogen (secondary N) is 1. The minimum atomic E-state index is -0.649. The van der Waals surface area contributed by atoms with E-state index in [0.717, 1.165) is 0 Å². The number of carbonyl (C=O) groups is 2. The highest BCUT2D eigenvalue weighted by molar-refractivity contribution is 7.80. The Bertz CT molecular complexity index is 1100. The molecular formula is C21H19ClN2O6S. The van der Waals surface area contributed by atoms with E-state index < -0.39 is 11.8 Å². The van der Waals surface area contributed by atoms with Crippen LogP contribution >= 0.6 is 23.8 Å². The van der Waals surface area contributed by atoms with E-state index in [1.807, 2.05) is 0 Å². The summed E-state index contributed by atoms with van der Waals surface area (Å²) in [5.74, 6) is 0.404. The van der Waals surface area contributed by atoms with Crippen LogP contribution in [0.15, 0.2) is 35.9 Å². The molecule has 1 aliphatic heterocycles. The highest BCUT2D eigenvalue weighted by Crippen LogP contribution is 2.36. The van der Waals surface area contributed by atoms with Crippen LogP contribution in [0.2, 0.25) is 5.02 Å². The molecule has 1 heterocycles. The Morgan fingerprint density at radius 2 is 1.58 bits per heavy atom. The molecule has 0 unspecified atom stereocenters. The molecular weight excluding hydrogens is 444 g/mol. The monoisotopic (exact) mass is 462 g/mol. The van der Waals surface area contributed by atoms with E-state index >= 15 is 0 Å². The topological polar surface area (TPSA) is 86.3 Å². The van der Waals surface area contributed by atoms with Crippen LogP contribution < -0.4 is 29.2 Å². The van der Waals surface area contributed by atoms with Gasteiger partial charge in [-0.25, -0.2) is 4.90 Å². The highest BCUT2D eigenvalue weighted by Gasteiger charge is 2.36. The number of hydrogen-bond acceptors (Lipinski definition) is 7. The van der Waals surface area contributed by atoms with E-state index in [1.54, 1.807) is 24.3 Å². The number of amides is 2. The van der Waals surface area contributed by atoms with Crippen molar-refractivity contribution in [2.45, 2.75) is 0 Å². The van der Waals surface area contributed by atoms with E-state index in [4.69, 9.17) is 42.8 Å². The molecule has 0 radical (unpaired) electrons. The van der Waals surface area contributed by atoms with E-state index in [2.05, 4.69) is 5.32 Å². The molecule has 2 aromatic rings. The van der Waals surface area contributed by atoms with Gasteiger partial charge in [0, 0.05) is 12.1 Å². The maximum Gasteiger partial charge on any atom is 0.270 e. The summed E-state index contributed by atoms with van der Waals surface area (Å²) >= 11 is 11.6. The molecule has 0 aliphatic carbocycles. The summed E-state index contributed by atoms with van der Waals surface area (Å²) in [7, 11) is 5.91. The Labute approximate surface area is 189 Å². The molecule has 0 bridgehead atoms. The number of hydrogen-bond donors (Lipinski definition) is 1. The first kappa shape index (κ1) is 22.4. The number of ether oxygens (including phenoxy) is 4. The van der Waals surface area contributed by atoms with Gasteiger partial charge < -0.3 is 18.9 Å². The highest BCUT2D eigenvalue weighted by atomic mass is 35.5. The van der Waals surface area contributed by atoms with Crippen molar-refractivity contribution in [3.05, 3.63) is 46.5 Å². The molecule has 8 nitrogen and oxygen atoms in total. The quantitative estimate of drug-likeness (QED) is 0.400. The first-order chi connectivity index (χ1) is 14.8. The third kappa shape index (κ3) is 4.28. The van der Waals surface area contributed by atoms with Crippen molar-refractivity contribution in [1.82, 2.24) is 5.32 Å². The standard InChI is InChI=1S/C21H19ClN2O6S/c1-27-12-5-6-15(16(9-12)28-2)24-20(26)13(19(25)23-21(24)31)7-11-8-17(29-3)18(30-4)10-14(11)22/h5-10H,1-4H3,(H,23,25,31)/b13-7+. The van der Waals surface area contributed by atoms with Gasteiger partial charge >= 0.3 is 0 Å². The van der Waals surface area contributed by atoms with Gasteiger partial charge in [0.15, 0.2) is 16.6 Å². The number of benzene rings is 2. The number of thiocarbonyl (C=S) groups is 1. The normalized spacial score (nSPS) is 15.1. The Balaban J connectivity index is 2.09. The van der Waals surface area contributed by atoms with Gasteiger partial charge in [-0.1, -0.05) is 11.6 Å². The van der Waals surface area contributed by atoms with Gasteiger partial charge in [0.1, 0.15) is 17.1 Å². The zero-order valence-corrected chi connectivity index (χ0v) is 18.7. The maximum absolute atomic E-state index is 13.3. The zero-order valence-electron chi connectivity index (χ0n) is 17.1. The van der Waals surface area contributed by atoms with Gasteiger partial charge in [0.05, 0.1) is 39.1 Å². The van der Waals surface area contributed by atoms with Crippen molar-refractivity contribution >= 4 is 52.5 Å². The SMILES string of the molecule is COc1ccc(N2C(=O)/C(=C/c3cc(OC)c(OC)cc3Cl)C(=O)NC2=S)c(OC)c1. The van der Waals surface area contributed by atoms with Crippen molar-refractivity contribution < 1.29 is 28.5 Å². The summed E-state index contributed by atoms with van der Waals surface area (Å²) in [5.41, 5.74) is 0.579. The molecule has 0 saturated carbocycles. The van der Waals surface area contributed by atoms with Crippen LogP contribution in [0.4, 0.5) is 5.69 Å². The van der Waals surface area contributed by atoms with Gasteiger partial charge in [-0.15, -0.1) is 0 Å². The summed E-state index contributed by atoms with van der Waals surface area (Å²) in [6.45, 7) is 0. The lowest BCUT2D eigenvalue weighted by atomic mass is 10.1. The Morgan fingerprint density at radius 3 is 2.19 bits per heavy atom. The second-order valence-electron chi connectivity index (χ2n) is 6.22.